The number of aryl methyl sites for hydroxylation is 1. The van der Waals surface area contributed by atoms with Crippen LogP contribution in [0.15, 0.2) is 23.6 Å². The molecule has 0 radical (unpaired) electrons. The number of amides is 1. The molecule has 0 fully saturated rings. The van der Waals surface area contributed by atoms with Crippen LogP contribution in [0.5, 0.6) is 0 Å². The van der Waals surface area contributed by atoms with E-state index in [-0.39, 0.29) is 5.91 Å². The molecule has 1 aromatic heterocycles. The lowest BCUT2D eigenvalue weighted by atomic mass is 10.2. The van der Waals surface area contributed by atoms with Crippen molar-refractivity contribution in [3.8, 4) is 0 Å². The number of nitrogens with zero attached hydrogens (tertiary/aromatic N) is 2. The predicted molar refractivity (Wildman–Crippen MR) is 86.8 cm³/mol. The molecule has 6 heteroatoms. The number of halogens is 2. The van der Waals surface area contributed by atoms with Gasteiger partial charge >= 0.3 is 0 Å². The second-order valence-corrected chi connectivity index (χ2v) is 6.80. The van der Waals surface area contributed by atoms with Crippen LogP contribution in [-0.4, -0.2) is 22.8 Å². The first-order chi connectivity index (χ1) is 8.97. The molecule has 1 amide bonds. The molecule has 0 saturated heterocycles. The van der Waals surface area contributed by atoms with Crippen molar-refractivity contribution in [1.82, 2.24) is 9.88 Å². The smallest absolute Gasteiger partial charge is 0.255 e. The zero-order valence-electron chi connectivity index (χ0n) is 10.5. The number of thiazole rings is 1. The molecule has 0 atom stereocenters. The average molecular weight is 407 g/mol. The fraction of sp³-hybridized carbons (Fsp3) is 0.231. The first-order valence-corrected chi connectivity index (χ1v) is 7.92. The van der Waals surface area contributed by atoms with E-state index in [1.165, 1.54) is 0 Å². The third-order valence-electron chi connectivity index (χ3n) is 2.57. The molecule has 0 aliphatic carbocycles. The SMILES string of the molecule is Cc1nc(CN(C)C(=O)c2cc(Cl)ccc2I)cs1. The third kappa shape index (κ3) is 3.67. The van der Waals surface area contributed by atoms with Crippen molar-refractivity contribution in [2.45, 2.75) is 13.5 Å². The molecular formula is C13H12ClIN2OS. The molecule has 1 heterocycles. The van der Waals surface area contributed by atoms with E-state index in [1.54, 1.807) is 35.4 Å². The Morgan fingerprint density at radius 2 is 2.26 bits per heavy atom. The highest BCUT2D eigenvalue weighted by atomic mass is 127. The molecule has 19 heavy (non-hydrogen) atoms. The highest BCUT2D eigenvalue weighted by Gasteiger charge is 2.16. The van der Waals surface area contributed by atoms with Gasteiger partial charge in [0, 0.05) is 21.0 Å². The summed E-state index contributed by atoms with van der Waals surface area (Å²) in [7, 11) is 1.77. The lowest BCUT2D eigenvalue weighted by Gasteiger charge is -2.17. The van der Waals surface area contributed by atoms with E-state index in [2.05, 4.69) is 27.6 Å². The number of benzene rings is 1. The summed E-state index contributed by atoms with van der Waals surface area (Å²) >= 11 is 9.67. The third-order valence-corrected chi connectivity index (χ3v) is 4.57. The van der Waals surface area contributed by atoms with Crippen molar-refractivity contribution in [2.75, 3.05) is 7.05 Å². The van der Waals surface area contributed by atoms with Crippen LogP contribution in [0.2, 0.25) is 5.02 Å². The Balaban J connectivity index is 2.16. The minimum absolute atomic E-state index is 0.0439. The lowest BCUT2D eigenvalue weighted by molar-refractivity contribution is 0.0782. The maximum Gasteiger partial charge on any atom is 0.255 e. The Kier molecular flexibility index (Phi) is 4.81. The van der Waals surface area contributed by atoms with Crippen LogP contribution in [-0.2, 0) is 6.54 Å². The van der Waals surface area contributed by atoms with Crippen molar-refractivity contribution >= 4 is 51.4 Å². The second-order valence-electron chi connectivity index (χ2n) is 4.14. The van der Waals surface area contributed by atoms with Crippen molar-refractivity contribution in [1.29, 1.82) is 0 Å². The van der Waals surface area contributed by atoms with Crippen LogP contribution in [0.25, 0.3) is 0 Å². The molecule has 2 rings (SSSR count). The Hall–Kier alpha value is -0.660. The molecule has 0 saturated carbocycles. The lowest BCUT2D eigenvalue weighted by Crippen LogP contribution is -2.27. The van der Waals surface area contributed by atoms with E-state index in [4.69, 9.17) is 11.6 Å². The van der Waals surface area contributed by atoms with Crippen LogP contribution in [0.4, 0.5) is 0 Å². The van der Waals surface area contributed by atoms with Gasteiger partial charge in [-0.15, -0.1) is 11.3 Å². The van der Waals surface area contributed by atoms with Gasteiger partial charge in [0.05, 0.1) is 22.8 Å². The largest absolute Gasteiger partial charge is 0.336 e. The van der Waals surface area contributed by atoms with Gasteiger partial charge < -0.3 is 4.90 Å². The first-order valence-electron chi connectivity index (χ1n) is 5.59. The Bertz CT molecular complexity index is 614. The van der Waals surface area contributed by atoms with Crippen LogP contribution in [0, 0.1) is 10.5 Å². The molecule has 3 nitrogen and oxygen atoms in total. The van der Waals surface area contributed by atoms with Gasteiger partial charge in [0.25, 0.3) is 5.91 Å². The average Bonchev–Trinajstić information content (AvgIpc) is 2.77. The standard InChI is InChI=1S/C13H12ClIN2OS/c1-8-16-10(7-19-8)6-17(2)13(18)11-5-9(14)3-4-12(11)15/h3-5,7H,6H2,1-2H3. The summed E-state index contributed by atoms with van der Waals surface area (Å²) < 4.78 is 0.897. The predicted octanol–water partition coefficient (Wildman–Crippen LogP) is 3.98. The Morgan fingerprint density at radius 3 is 2.89 bits per heavy atom. The summed E-state index contributed by atoms with van der Waals surface area (Å²) in [6, 6.07) is 5.33. The van der Waals surface area contributed by atoms with Crippen molar-refractivity contribution in [2.24, 2.45) is 0 Å². The van der Waals surface area contributed by atoms with Gasteiger partial charge in [-0.1, -0.05) is 11.6 Å². The molecule has 0 spiro atoms. The summed E-state index contributed by atoms with van der Waals surface area (Å²) in [4.78, 5) is 18.4. The highest BCUT2D eigenvalue weighted by molar-refractivity contribution is 14.1. The maximum absolute atomic E-state index is 12.4. The number of hydrogen-bond acceptors (Lipinski definition) is 3. The topological polar surface area (TPSA) is 33.2 Å². The van der Waals surface area contributed by atoms with Gasteiger partial charge in [0.1, 0.15) is 0 Å². The maximum atomic E-state index is 12.4. The fourth-order valence-corrected chi connectivity index (χ4v) is 3.00. The molecule has 0 unspecified atom stereocenters. The Morgan fingerprint density at radius 1 is 1.53 bits per heavy atom. The first kappa shape index (κ1) is 14.7. The number of carbonyl (C=O) groups is 1. The minimum Gasteiger partial charge on any atom is -0.336 e. The molecule has 0 aliphatic heterocycles. The summed E-state index contributed by atoms with van der Waals surface area (Å²) in [5.41, 5.74) is 1.54. The number of aromatic nitrogens is 1. The molecular weight excluding hydrogens is 395 g/mol. The number of rotatable bonds is 3. The quantitative estimate of drug-likeness (QED) is 0.722. The summed E-state index contributed by atoms with van der Waals surface area (Å²) in [5, 5.41) is 3.55. The van der Waals surface area contributed by atoms with Gasteiger partial charge in [0.15, 0.2) is 0 Å². The van der Waals surface area contributed by atoms with Crippen LogP contribution >= 0.6 is 45.5 Å². The molecule has 2 aromatic rings. The second kappa shape index (κ2) is 6.19. The number of carbonyl (C=O) groups excluding carboxylic acids is 1. The van der Waals surface area contributed by atoms with E-state index in [0.717, 1.165) is 14.3 Å². The van der Waals surface area contributed by atoms with Gasteiger partial charge in [-0.3, -0.25) is 4.79 Å². The van der Waals surface area contributed by atoms with Gasteiger partial charge in [-0.05, 0) is 47.7 Å². The van der Waals surface area contributed by atoms with Crippen molar-refractivity contribution in [3.63, 3.8) is 0 Å². The van der Waals surface area contributed by atoms with Crippen LogP contribution in [0.3, 0.4) is 0 Å². The summed E-state index contributed by atoms with van der Waals surface area (Å²) in [5.74, 6) is -0.0439. The fourth-order valence-electron chi connectivity index (χ4n) is 1.66. The normalized spacial score (nSPS) is 10.5. The van der Waals surface area contributed by atoms with E-state index in [0.29, 0.717) is 17.1 Å². The summed E-state index contributed by atoms with van der Waals surface area (Å²) in [6.07, 6.45) is 0. The molecule has 0 N–H and O–H groups in total. The Labute approximate surface area is 134 Å². The van der Waals surface area contributed by atoms with Crippen LogP contribution < -0.4 is 0 Å². The van der Waals surface area contributed by atoms with E-state index in [9.17, 15) is 4.79 Å². The van der Waals surface area contributed by atoms with Crippen LogP contribution in [0.1, 0.15) is 21.1 Å². The van der Waals surface area contributed by atoms with E-state index in [1.807, 2.05) is 18.4 Å². The molecule has 1 aromatic carbocycles. The monoisotopic (exact) mass is 406 g/mol. The summed E-state index contributed by atoms with van der Waals surface area (Å²) in [6.45, 7) is 2.46. The van der Waals surface area contributed by atoms with E-state index < -0.39 is 0 Å². The van der Waals surface area contributed by atoms with Gasteiger partial charge in [0.2, 0.25) is 0 Å². The highest BCUT2D eigenvalue weighted by Crippen LogP contribution is 2.20. The molecule has 100 valence electrons. The zero-order valence-corrected chi connectivity index (χ0v) is 14.2. The van der Waals surface area contributed by atoms with Gasteiger partial charge in [-0.2, -0.15) is 0 Å². The zero-order chi connectivity index (χ0) is 14.0. The van der Waals surface area contributed by atoms with Gasteiger partial charge in [-0.25, -0.2) is 4.98 Å². The van der Waals surface area contributed by atoms with Crippen molar-refractivity contribution < 1.29 is 4.79 Å². The number of hydrogen-bond donors (Lipinski definition) is 0. The molecule has 0 bridgehead atoms. The van der Waals surface area contributed by atoms with E-state index >= 15 is 0 Å². The minimum atomic E-state index is -0.0439. The van der Waals surface area contributed by atoms with Crippen molar-refractivity contribution in [3.05, 3.63) is 48.4 Å². The molecule has 0 aliphatic rings.